The number of rotatable bonds is 1. The van der Waals surface area contributed by atoms with Gasteiger partial charge in [0.15, 0.2) is 0 Å². The zero-order valence-corrected chi connectivity index (χ0v) is 6.90. The summed E-state index contributed by atoms with van der Waals surface area (Å²) < 4.78 is 5.15. The molecule has 4 heteroatoms. The van der Waals surface area contributed by atoms with E-state index in [1.807, 2.05) is 0 Å². The lowest BCUT2D eigenvalue weighted by molar-refractivity contribution is 0.0316. The summed E-state index contributed by atoms with van der Waals surface area (Å²) in [5, 5.41) is 18.5. The van der Waals surface area contributed by atoms with Gasteiger partial charge in [0.05, 0.1) is 6.10 Å². The average molecular weight is 179 g/mol. The van der Waals surface area contributed by atoms with Gasteiger partial charge in [-0.2, -0.15) is 0 Å². The third-order valence-corrected chi connectivity index (χ3v) is 1.95. The summed E-state index contributed by atoms with van der Waals surface area (Å²) in [6.45, 7) is 1.70. The largest absolute Gasteiger partial charge is 0.388 e. The Kier molecular flexibility index (Phi) is 2.90. The molecule has 0 aliphatic carbocycles. The van der Waals surface area contributed by atoms with Crippen LogP contribution in [0.25, 0.3) is 0 Å². The zero-order valence-electron chi connectivity index (χ0n) is 6.14. The Morgan fingerprint density at radius 2 is 2.00 bits per heavy atom. The van der Waals surface area contributed by atoms with E-state index in [-0.39, 0.29) is 6.10 Å². The molecule has 1 aliphatic heterocycles. The first-order chi connectivity index (χ1) is 5.16. The van der Waals surface area contributed by atoms with Crippen LogP contribution >= 0.6 is 11.6 Å². The first-order valence-electron chi connectivity index (χ1n) is 3.45. The molecule has 2 N–H and O–H groups in total. The van der Waals surface area contributed by atoms with Crippen LogP contribution in [-0.4, -0.2) is 34.6 Å². The van der Waals surface area contributed by atoms with Crippen LogP contribution in [0.2, 0.25) is 0 Å². The highest BCUT2D eigenvalue weighted by molar-refractivity contribution is 6.25. The van der Waals surface area contributed by atoms with Gasteiger partial charge in [-0.15, -0.1) is 0 Å². The highest BCUT2D eigenvalue weighted by Gasteiger charge is 2.38. The fraction of sp³-hybridized carbons (Fsp3) is 0.714. The number of hydrogen-bond acceptors (Lipinski definition) is 3. The summed E-state index contributed by atoms with van der Waals surface area (Å²) in [5.41, 5.74) is 1.28. The maximum Gasteiger partial charge on any atom is 0.112 e. The lowest BCUT2D eigenvalue weighted by atomic mass is 10.1. The van der Waals surface area contributed by atoms with Crippen LogP contribution in [0.15, 0.2) is 11.6 Å². The Morgan fingerprint density at radius 1 is 1.36 bits per heavy atom. The molecular weight excluding hydrogens is 168 g/mol. The molecule has 0 aromatic rings. The average Bonchev–Trinajstić information content (AvgIpc) is 2.19. The second-order valence-corrected chi connectivity index (χ2v) is 2.86. The standard InChI is InChI=1S/C7H11ClO3/c1-4-6(9)7(10)5(11-4)2-3-8/h2-7,9-10H,1H3/t4-,5+,6?,7-/m0/s1. The minimum Gasteiger partial charge on any atom is -0.388 e. The minimum atomic E-state index is -0.861. The SMILES string of the molecule is C[C@@H]1O[C@H](C=CCl)[C@H](O)C1O. The van der Waals surface area contributed by atoms with Gasteiger partial charge in [-0.1, -0.05) is 11.6 Å². The third kappa shape index (κ3) is 1.73. The molecule has 1 aliphatic rings. The molecule has 0 saturated carbocycles. The van der Waals surface area contributed by atoms with E-state index in [0.29, 0.717) is 0 Å². The molecule has 1 fully saturated rings. The highest BCUT2D eigenvalue weighted by Crippen LogP contribution is 2.21. The maximum absolute atomic E-state index is 9.27. The van der Waals surface area contributed by atoms with Gasteiger partial charge in [-0.05, 0) is 13.0 Å². The first kappa shape index (κ1) is 9.00. The molecule has 4 atom stereocenters. The molecular formula is C7H11ClO3. The molecule has 0 amide bonds. The van der Waals surface area contributed by atoms with Crippen molar-refractivity contribution in [3.05, 3.63) is 11.6 Å². The van der Waals surface area contributed by atoms with Crippen molar-refractivity contribution < 1.29 is 14.9 Å². The molecule has 3 nitrogen and oxygen atoms in total. The molecule has 0 spiro atoms. The van der Waals surface area contributed by atoms with Crippen LogP contribution in [-0.2, 0) is 4.74 Å². The fourth-order valence-electron chi connectivity index (χ4n) is 1.11. The highest BCUT2D eigenvalue weighted by atomic mass is 35.5. The van der Waals surface area contributed by atoms with Crippen LogP contribution in [0.4, 0.5) is 0 Å². The van der Waals surface area contributed by atoms with Gasteiger partial charge < -0.3 is 14.9 Å². The first-order valence-corrected chi connectivity index (χ1v) is 3.89. The van der Waals surface area contributed by atoms with E-state index in [2.05, 4.69) is 0 Å². The molecule has 0 bridgehead atoms. The summed E-state index contributed by atoms with van der Waals surface area (Å²) in [7, 11) is 0. The summed E-state index contributed by atoms with van der Waals surface area (Å²) >= 11 is 5.29. The zero-order chi connectivity index (χ0) is 8.43. The minimum absolute atomic E-state index is 0.331. The van der Waals surface area contributed by atoms with Crippen LogP contribution in [0.5, 0.6) is 0 Å². The second kappa shape index (κ2) is 3.54. The third-order valence-electron chi connectivity index (χ3n) is 1.80. The summed E-state index contributed by atoms with van der Waals surface area (Å²) in [4.78, 5) is 0. The number of aliphatic hydroxyl groups is 2. The van der Waals surface area contributed by atoms with Gasteiger partial charge in [-0.25, -0.2) is 0 Å². The Labute approximate surface area is 70.2 Å². The fourth-order valence-corrected chi connectivity index (χ4v) is 1.26. The monoisotopic (exact) mass is 178 g/mol. The van der Waals surface area contributed by atoms with Gasteiger partial charge in [-0.3, -0.25) is 0 Å². The molecule has 0 aromatic carbocycles. The summed E-state index contributed by atoms with van der Waals surface area (Å²) in [6.07, 6.45) is -0.966. The van der Waals surface area contributed by atoms with Gasteiger partial charge in [0, 0.05) is 5.54 Å². The predicted molar refractivity (Wildman–Crippen MR) is 41.3 cm³/mol. The predicted octanol–water partition coefficient (Wildman–Crippen LogP) is 0.248. The van der Waals surface area contributed by atoms with Crippen molar-refractivity contribution in [2.45, 2.75) is 31.3 Å². The van der Waals surface area contributed by atoms with Crippen molar-refractivity contribution in [1.29, 1.82) is 0 Å². The van der Waals surface area contributed by atoms with E-state index in [4.69, 9.17) is 16.3 Å². The van der Waals surface area contributed by atoms with E-state index in [1.54, 1.807) is 6.92 Å². The number of hydrogen-bond donors (Lipinski definition) is 2. The van der Waals surface area contributed by atoms with Crippen molar-refractivity contribution >= 4 is 11.6 Å². The van der Waals surface area contributed by atoms with Crippen LogP contribution in [0, 0.1) is 0 Å². The van der Waals surface area contributed by atoms with E-state index < -0.39 is 18.3 Å². The topological polar surface area (TPSA) is 49.7 Å². The Balaban J connectivity index is 2.59. The molecule has 1 heterocycles. The van der Waals surface area contributed by atoms with Gasteiger partial charge in [0.2, 0.25) is 0 Å². The Bertz CT molecular complexity index is 160. The normalized spacial score (nSPS) is 45.5. The molecule has 0 radical (unpaired) electrons. The van der Waals surface area contributed by atoms with Crippen molar-refractivity contribution in [1.82, 2.24) is 0 Å². The van der Waals surface area contributed by atoms with Crippen LogP contribution in [0.1, 0.15) is 6.92 Å². The summed E-state index contributed by atoms with van der Waals surface area (Å²) in [5.74, 6) is 0. The van der Waals surface area contributed by atoms with Crippen molar-refractivity contribution in [2.24, 2.45) is 0 Å². The van der Waals surface area contributed by atoms with E-state index in [9.17, 15) is 10.2 Å². The Hall–Kier alpha value is -0.0900. The van der Waals surface area contributed by atoms with Gasteiger partial charge in [0.1, 0.15) is 18.3 Å². The number of aliphatic hydroxyl groups excluding tert-OH is 2. The van der Waals surface area contributed by atoms with Crippen molar-refractivity contribution in [3.63, 3.8) is 0 Å². The van der Waals surface area contributed by atoms with Crippen LogP contribution in [0.3, 0.4) is 0 Å². The van der Waals surface area contributed by atoms with E-state index >= 15 is 0 Å². The maximum atomic E-state index is 9.27. The van der Waals surface area contributed by atoms with Gasteiger partial charge >= 0.3 is 0 Å². The van der Waals surface area contributed by atoms with E-state index in [0.717, 1.165) is 0 Å². The lowest BCUT2D eigenvalue weighted by Crippen LogP contribution is -2.30. The quantitative estimate of drug-likeness (QED) is 0.605. The molecule has 1 unspecified atom stereocenters. The molecule has 0 aromatic heterocycles. The van der Waals surface area contributed by atoms with Gasteiger partial charge in [0.25, 0.3) is 0 Å². The lowest BCUT2D eigenvalue weighted by Gasteiger charge is -2.09. The second-order valence-electron chi connectivity index (χ2n) is 2.61. The molecule has 11 heavy (non-hydrogen) atoms. The van der Waals surface area contributed by atoms with Crippen molar-refractivity contribution in [3.8, 4) is 0 Å². The Morgan fingerprint density at radius 3 is 2.36 bits per heavy atom. The molecule has 1 rings (SSSR count). The smallest absolute Gasteiger partial charge is 0.112 e. The van der Waals surface area contributed by atoms with Crippen LogP contribution < -0.4 is 0 Å². The molecule has 64 valence electrons. The number of halogens is 1. The van der Waals surface area contributed by atoms with Crippen molar-refractivity contribution in [2.75, 3.05) is 0 Å². The summed E-state index contributed by atoms with van der Waals surface area (Å²) in [6, 6.07) is 0. The van der Waals surface area contributed by atoms with E-state index in [1.165, 1.54) is 11.6 Å². The number of ether oxygens (including phenoxy) is 1. The molecule has 1 saturated heterocycles.